The van der Waals surface area contributed by atoms with Gasteiger partial charge in [-0.05, 0) is 43.2 Å². The zero-order chi connectivity index (χ0) is 13.4. The van der Waals surface area contributed by atoms with Crippen LogP contribution >= 0.6 is 15.9 Å². The Morgan fingerprint density at radius 3 is 2.79 bits per heavy atom. The lowest BCUT2D eigenvalue weighted by Crippen LogP contribution is -2.38. The number of fused-ring (bicyclic) bond motifs is 1. The van der Waals surface area contributed by atoms with Crippen LogP contribution in [-0.2, 0) is 0 Å². The number of halogens is 1. The van der Waals surface area contributed by atoms with Crippen molar-refractivity contribution in [3.05, 3.63) is 34.3 Å². The molecule has 4 atom stereocenters. The summed E-state index contributed by atoms with van der Waals surface area (Å²) in [4.78, 5) is 2.63. The Morgan fingerprint density at radius 1 is 1.26 bits per heavy atom. The number of hydrogen-bond acceptors (Lipinski definition) is 2. The van der Waals surface area contributed by atoms with Crippen LogP contribution in [0.4, 0.5) is 0 Å². The highest BCUT2D eigenvalue weighted by Gasteiger charge is 2.40. The van der Waals surface area contributed by atoms with Crippen LogP contribution in [0.2, 0.25) is 0 Å². The fourth-order valence-electron chi connectivity index (χ4n) is 3.88. The molecule has 4 unspecified atom stereocenters. The van der Waals surface area contributed by atoms with Gasteiger partial charge in [-0.15, -0.1) is 0 Å². The predicted molar refractivity (Wildman–Crippen MR) is 82.9 cm³/mol. The molecule has 3 heteroatoms. The molecule has 2 nitrogen and oxygen atoms in total. The van der Waals surface area contributed by atoms with Gasteiger partial charge >= 0.3 is 0 Å². The molecule has 2 N–H and O–H groups in total. The summed E-state index contributed by atoms with van der Waals surface area (Å²) in [5, 5.41) is 0. The number of hydrogen-bond donors (Lipinski definition) is 1. The minimum Gasteiger partial charge on any atom is -0.327 e. The van der Waals surface area contributed by atoms with Crippen molar-refractivity contribution < 1.29 is 0 Å². The van der Waals surface area contributed by atoms with Gasteiger partial charge in [-0.2, -0.15) is 0 Å². The van der Waals surface area contributed by atoms with Gasteiger partial charge in [-0.1, -0.05) is 40.5 Å². The molecule has 1 aromatic rings. The number of benzene rings is 1. The Morgan fingerprint density at radius 2 is 2.05 bits per heavy atom. The monoisotopic (exact) mass is 322 g/mol. The molecular weight excluding hydrogens is 300 g/mol. The maximum absolute atomic E-state index is 6.31. The smallest absolute Gasteiger partial charge is 0.0331 e. The molecule has 0 radical (unpaired) electrons. The van der Waals surface area contributed by atoms with Gasteiger partial charge in [0.05, 0.1) is 0 Å². The maximum atomic E-state index is 6.31. The molecule has 0 spiro atoms. The third kappa shape index (κ3) is 2.61. The summed E-state index contributed by atoms with van der Waals surface area (Å²) >= 11 is 3.68. The Balaban J connectivity index is 1.75. The first kappa shape index (κ1) is 13.6. The molecule has 0 bridgehead atoms. The number of rotatable bonds is 2. The van der Waals surface area contributed by atoms with Crippen LogP contribution in [0.25, 0.3) is 0 Å². The predicted octanol–water partition coefficient (Wildman–Crippen LogP) is 3.57. The van der Waals surface area contributed by atoms with Crippen LogP contribution in [0.1, 0.15) is 37.8 Å². The molecule has 1 heterocycles. The van der Waals surface area contributed by atoms with E-state index in [9.17, 15) is 0 Å². The average molecular weight is 323 g/mol. The van der Waals surface area contributed by atoms with Gasteiger partial charge in [0.2, 0.25) is 0 Å². The van der Waals surface area contributed by atoms with Gasteiger partial charge in [-0.25, -0.2) is 0 Å². The molecular formula is C16H23BrN2. The standard InChI is InChI=1S/C16H23BrN2/c1-11(13-6-2-3-7-15(13)17)19-9-12-5-4-8-16(18)14(12)10-19/h2-3,6-7,11-12,14,16H,4-5,8-10,18H2,1H3. The highest BCUT2D eigenvalue weighted by atomic mass is 79.9. The largest absolute Gasteiger partial charge is 0.327 e. The van der Waals surface area contributed by atoms with Gasteiger partial charge in [0, 0.05) is 29.6 Å². The summed E-state index contributed by atoms with van der Waals surface area (Å²) in [5.41, 5.74) is 7.71. The Hall–Kier alpha value is -0.380. The summed E-state index contributed by atoms with van der Waals surface area (Å²) in [6.07, 6.45) is 3.91. The zero-order valence-electron chi connectivity index (χ0n) is 11.6. The topological polar surface area (TPSA) is 29.3 Å². The van der Waals surface area contributed by atoms with Crippen LogP contribution < -0.4 is 5.73 Å². The van der Waals surface area contributed by atoms with Gasteiger partial charge in [0.15, 0.2) is 0 Å². The van der Waals surface area contributed by atoms with Crippen molar-refractivity contribution in [2.45, 2.75) is 38.3 Å². The van der Waals surface area contributed by atoms with Crippen molar-refractivity contribution in [2.75, 3.05) is 13.1 Å². The lowest BCUT2D eigenvalue weighted by Gasteiger charge is -2.30. The highest BCUT2D eigenvalue weighted by molar-refractivity contribution is 9.10. The molecule has 1 aromatic carbocycles. The van der Waals surface area contributed by atoms with Crippen LogP contribution in [0, 0.1) is 11.8 Å². The van der Waals surface area contributed by atoms with Gasteiger partial charge < -0.3 is 5.73 Å². The summed E-state index contributed by atoms with van der Waals surface area (Å²) in [6, 6.07) is 9.49. The van der Waals surface area contributed by atoms with E-state index < -0.39 is 0 Å². The summed E-state index contributed by atoms with van der Waals surface area (Å²) in [5.74, 6) is 1.55. The van der Waals surface area contributed by atoms with Crippen molar-refractivity contribution in [3.8, 4) is 0 Å². The van der Waals surface area contributed by atoms with Gasteiger partial charge in [0.1, 0.15) is 0 Å². The second-order valence-corrected chi connectivity index (χ2v) is 7.02. The molecule has 1 aliphatic carbocycles. The van der Waals surface area contributed by atoms with E-state index in [0.29, 0.717) is 12.1 Å². The molecule has 1 saturated carbocycles. The first-order valence-electron chi connectivity index (χ1n) is 7.41. The molecule has 1 saturated heterocycles. The second kappa shape index (κ2) is 5.55. The van der Waals surface area contributed by atoms with Crippen molar-refractivity contribution in [2.24, 2.45) is 17.6 Å². The third-order valence-electron chi connectivity index (χ3n) is 5.09. The van der Waals surface area contributed by atoms with Crippen LogP contribution in [0.15, 0.2) is 28.7 Å². The van der Waals surface area contributed by atoms with E-state index >= 15 is 0 Å². The minimum atomic E-state index is 0.426. The van der Waals surface area contributed by atoms with Crippen LogP contribution in [-0.4, -0.2) is 24.0 Å². The Bertz CT molecular complexity index is 448. The Labute approximate surface area is 124 Å². The first-order valence-corrected chi connectivity index (χ1v) is 8.20. The highest BCUT2D eigenvalue weighted by Crippen LogP contribution is 2.39. The number of nitrogens with zero attached hydrogens (tertiary/aromatic N) is 1. The van der Waals surface area contributed by atoms with E-state index in [1.165, 1.54) is 42.4 Å². The summed E-state index contributed by atoms with van der Waals surface area (Å²) < 4.78 is 1.22. The van der Waals surface area contributed by atoms with E-state index in [1.807, 2.05) is 0 Å². The third-order valence-corrected chi connectivity index (χ3v) is 5.81. The van der Waals surface area contributed by atoms with E-state index in [1.54, 1.807) is 0 Å². The van der Waals surface area contributed by atoms with Crippen molar-refractivity contribution >= 4 is 15.9 Å². The summed E-state index contributed by atoms with van der Waals surface area (Å²) in [6.45, 7) is 4.72. The van der Waals surface area contributed by atoms with Crippen LogP contribution in [0.3, 0.4) is 0 Å². The average Bonchev–Trinajstić information content (AvgIpc) is 2.84. The molecule has 1 aliphatic heterocycles. The molecule has 3 rings (SSSR count). The summed E-state index contributed by atoms with van der Waals surface area (Å²) in [7, 11) is 0. The normalized spacial score (nSPS) is 33.1. The minimum absolute atomic E-state index is 0.426. The molecule has 2 fully saturated rings. The Kier molecular flexibility index (Phi) is 3.97. The van der Waals surface area contributed by atoms with Crippen molar-refractivity contribution in [1.82, 2.24) is 4.90 Å². The first-order chi connectivity index (χ1) is 9.16. The van der Waals surface area contributed by atoms with E-state index in [2.05, 4.69) is 52.0 Å². The van der Waals surface area contributed by atoms with Crippen molar-refractivity contribution in [3.63, 3.8) is 0 Å². The fraction of sp³-hybridized carbons (Fsp3) is 0.625. The van der Waals surface area contributed by atoms with E-state index in [4.69, 9.17) is 5.73 Å². The van der Waals surface area contributed by atoms with E-state index in [0.717, 1.165) is 11.8 Å². The number of likely N-dealkylation sites (tertiary alicyclic amines) is 1. The van der Waals surface area contributed by atoms with Gasteiger partial charge in [-0.3, -0.25) is 4.90 Å². The number of nitrogens with two attached hydrogens (primary N) is 1. The molecule has 0 aromatic heterocycles. The SMILES string of the molecule is CC(c1ccccc1Br)N1CC2CCCC(N)C2C1. The molecule has 2 aliphatic rings. The molecule has 0 amide bonds. The van der Waals surface area contributed by atoms with E-state index in [-0.39, 0.29) is 0 Å². The lowest BCUT2D eigenvalue weighted by atomic mass is 9.78. The second-order valence-electron chi connectivity index (χ2n) is 6.17. The zero-order valence-corrected chi connectivity index (χ0v) is 13.1. The maximum Gasteiger partial charge on any atom is 0.0331 e. The van der Waals surface area contributed by atoms with Crippen LogP contribution in [0.5, 0.6) is 0 Å². The quantitative estimate of drug-likeness (QED) is 0.901. The van der Waals surface area contributed by atoms with Crippen molar-refractivity contribution in [1.29, 1.82) is 0 Å². The fourth-order valence-corrected chi connectivity index (χ4v) is 4.49. The molecule has 19 heavy (non-hydrogen) atoms. The lowest BCUT2D eigenvalue weighted by molar-refractivity contribution is 0.244. The van der Waals surface area contributed by atoms with Gasteiger partial charge in [0.25, 0.3) is 0 Å². The molecule has 104 valence electrons.